The third kappa shape index (κ3) is 4.20. The number of carbonyl (C=O) groups excluding carboxylic acids is 2. The van der Waals surface area contributed by atoms with Crippen molar-refractivity contribution < 1.29 is 19.4 Å². The van der Waals surface area contributed by atoms with Gasteiger partial charge in [-0.15, -0.1) is 0 Å². The first kappa shape index (κ1) is 16.8. The summed E-state index contributed by atoms with van der Waals surface area (Å²) in [6.07, 6.45) is 0. The van der Waals surface area contributed by atoms with Crippen LogP contribution in [0.5, 0.6) is 0 Å². The van der Waals surface area contributed by atoms with Gasteiger partial charge in [-0.25, -0.2) is 4.79 Å². The van der Waals surface area contributed by atoms with Crippen LogP contribution in [0.15, 0.2) is 30.3 Å². The zero-order valence-corrected chi connectivity index (χ0v) is 13.2. The van der Waals surface area contributed by atoms with Gasteiger partial charge in [0.05, 0.1) is 12.2 Å². The highest BCUT2D eigenvalue weighted by molar-refractivity contribution is 6.01. The molecule has 3 N–H and O–H groups in total. The predicted octanol–water partition coefficient (Wildman–Crippen LogP) is 2.08. The molecule has 0 radical (unpaired) electrons. The molecule has 0 aliphatic rings. The molecule has 1 aromatic carbocycles. The monoisotopic (exact) mass is 316 g/mol. The van der Waals surface area contributed by atoms with Crippen LogP contribution >= 0.6 is 0 Å². The standard InChI is InChI=1S/C17H20N2O4/c1-11-9-14(12(2)19-11)16(21)10-23-17(22)13-5-3-4-6-15(13)18-7-8-20/h3-6,9,18-20H,7-8,10H2,1-2H3. The van der Waals surface area contributed by atoms with Gasteiger partial charge in [0, 0.05) is 29.2 Å². The minimum absolute atomic E-state index is 0.0476. The number of esters is 1. The summed E-state index contributed by atoms with van der Waals surface area (Å²) in [4.78, 5) is 27.3. The Morgan fingerprint density at radius 1 is 1.22 bits per heavy atom. The number of aryl methyl sites for hydroxylation is 2. The molecule has 122 valence electrons. The molecule has 0 aliphatic carbocycles. The SMILES string of the molecule is Cc1cc(C(=O)COC(=O)c2ccccc2NCCO)c(C)[nH]1. The van der Waals surface area contributed by atoms with E-state index in [2.05, 4.69) is 10.3 Å². The van der Waals surface area contributed by atoms with Gasteiger partial charge >= 0.3 is 5.97 Å². The number of aliphatic hydroxyl groups excluding tert-OH is 1. The number of aliphatic hydroxyl groups is 1. The lowest BCUT2D eigenvalue weighted by molar-refractivity contribution is 0.0475. The van der Waals surface area contributed by atoms with Crippen LogP contribution in [0.3, 0.4) is 0 Å². The first-order valence-corrected chi connectivity index (χ1v) is 7.33. The average Bonchev–Trinajstić information content (AvgIpc) is 2.89. The van der Waals surface area contributed by atoms with Gasteiger partial charge in [-0.05, 0) is 32.0 Å². The maximum Gasteiger partial charge on any atom is 0.340 e. The minimum Gasteiger partial charge on any atom is -0.454 e. The number of hydrogen-bond acceptors (Lipinski definition) is 5. The number of aromatic nitrogens is 1. The van der Waals surface area contributed by atoms with Crippen molar-refractivity contribution in [2.75, 3.05) is 25.1 Å². The molecule has 0 atom stereocenters. The van der Waals surface area contributed by atoms with Crippen molar-refractivity contribution in [1.29, 1.82) is 0 Å². The number of ether oxygens (including phenoxy) is 1. The molecule has 23 heavy (non-hydrogen) atoms. The van der Waals surface area contributed by atoms with Crippen LogP contribution in [-0.2, 0) is 4.74 Å². The molecule has 0 saturated heterocycles. The van der Waals surface area contributed by atoms with E-state index in [-0.39, 0.29) is 19.0 Å². The summed E-state index contributed by atoms with van der Waals surface area (Å²) in [7, 11) is 0. The molecule has 1 aromatic heterocycles. The van der Waals surface area contributed by atoms with Crippen LogP contribution < -0.4 is 5.32 Å². The third-order valence-electron chi connectivity index (χ3n) is 3.36. The second-order valence-electron chi connectivity index (χ2n) is 5.19. The zero-order valence-electron chi connectivity index (χ0n) is 13.2. The Labute approximate surface area is 134 Å². The highest BCUT2D eigenvalue weighted by Gasteiger charge is 2.17. The number of hydrogen-bond donors (Lipinski definition) is 3. The zero-order chi connectivity index (χ0) is 16.8. The molecule has 2 rings (SSSR count). The average molecular weight is 316 g/mol. The summed E-state index contributed by atoms with van der Waals surface area (Å²) >= 11 is 0. The van der Waals surface area contributed by atoms with E-state index >= 15 is 0 Å². The van der Waals surface area contributed by atoms with Crippen molar-refractivity contribution in [2.45, 2.75) is 13.8 Å². The largest absolute Gasteiger partial charge is 0.454 e. The Morgan fingerprint density at radius 2 is 1.96 bits per heavy atom. The van der Waals surface area contributed by atoms with Crippen molar-refractivity contribution >= 4 is 17.4 Å². The molecular weight excluding hydrogens is 296 g/mol. The number of para-hydroxylation sites is 1. The lowest BCUT2D eigenvalue weighted by Crippen LogP contribution is -2.16. The van der Waals surface area contributed by atoms with E-state index in [0.29, 0.717) is 23.4 Å². The number of H-pyrrole nitrogens is 1. The summed E-state index contributed by atoms with van der Waals surface area (Å²) in [6, 6.07) is 8.55. The maximum atomic E-state index is 12.2. The van der Waals surface area contributed by atoms with Crippen LogP contribution in [-0.4, -0.2) is 41.6 Å². The molecule has 0 unspecified atom stereocenters. The van der Waals surface area contributed by atoms with E-state index in [1.165, 1.54) is 0 Å². The highest BCUT2D eigenvalue weighted by Crippen LogP contribution is 2.16. The molecule has 0 aliphatic heterocycles. The third-order valence-corrected chi connectivity index (χ3v) is 3.36. The highest BCUT2D eigenvalue weighted by atomic mass is 16.5. The van der Waals surface area contributed by atoms with Gasteiger partial charge in [0.1, 0.15) is 0 Å². The molecule has 6 heteroatoms. The van der Waals surface area contributed by atoms with E-state index in [9.17, 15) is 9.59 Å². The van der Waals surface area contributed by atoms with Crippen LogP contribution in [0.1, 0.15) is 32.1 Å². The first-order valence-electron chi connectivity index (χ1n) is 7.33. The van der Waals surface area contributed by atoms with Crippen molar-refractivity contribution in [3.8, 4) is 0 Å². The fraction of sp³-hybridized carbons (Fsp3) is 0.294. The molecule has 1 heterocycles. The fourth-order valence-corrected chi connectivity index (χ4v) is 2.31. The number of aromatic amines is 1. The van der Waals surface area contributed by atoms with E-state index < -0.39 is 5.97 Å². The Kier molecular flexibility index (Phi) is 5.54. The second-order valence-corrected chi connectivity index (χ2v) is 5.19. The number of anilines is 1. The van der Waals surface area contributed by atoms with Gasteiger partial charge in [0.25, 0.3) is 0 Å². The Hall–Kier alpha value is -2.60. The summed E-state index contributed by atoms with van der Waals surface area (Å²) in [5.41, 5.74) is 3.06. The smallest absolute Gasteiger partial charge is 0.340 e. The molecule has 0 bridgehead atoms. The number of Topliss-reactive ketones (excluding diaryl/α,β-unsaturated/α-hetero) is 1. The topological polar surface area (TPSA) is 91.4 Å². The van der Waals surface area contributed by atoms with Crippen LogP contribution in [0, 0.1) is 13.8 Å². The van der Waals surface area contributed by atoms with E-state index in [4.69, 9.17) is 9.84 Å². The second kappa shape index (κ2) is 7.60. The Morgan fingerprint density at radius 3 is 2.61 bits per heavy atom. The van der Waals surface area contributed by atoms with E-state index in [0.717, 1.165) is 11.4 Å². The Balaban J connectivity index is 2.02. The summed E-state index contributed by atoms with van der Waals surface area (Å²) in [6.45, 7) is 3.62. The fourth-order valence-electron chi connectivity index (χ4n) is 2.31. The van der Waals surface area contributed by atoms with Crippen molar-refractivity contribution in [2.24, 2.45) is 0 Å². The van der Waals surface area contributed by atoms with Gasteiger partial charge in [0.15, 0.2) is 6.61 Å². The van der Waals surface area contributed by atoms with Crippen molar-refractivity contribution in [3.05, 3.63) is 52.8 Å². The minimum atomic E-state index is -0.579. The van der Waals surface area contributed by atoms with Gasteiger partial charge in [0.2, 0.25) is 5.78 Å². The first-order chi connectivity index (χ1) is 11.0. The van der Waals surface area contributed by atoms with Gasteiger partial charge in [-0.3, -0.25) is 4.79 Å². The number of rotatable bonds is 7. The molecule has 0 amide bonds. The molecule has 0 fully saturated rings. The number of benzene rings is 1. The molecule has 6 nitrogen and oxygen atoms in total. The predicted molar refractivity (Wildman–Crippen MR) is 86.9 cm³/mol. The Bertz CT molecular complexity index is 706. The summed E-state index contributed by atoms with van der Waals surface area (Å²) in [5.74, 6) is -0.828. The normalized spacial score (nSPS) is 10.4. The summed E-state index contributed by atoms with van der Waals surface area (Å²) < 4.78 is 5.12. The molecular formula is C17H20N2O4. The maximum absolute atomic E-state index is 12.2. The number of carbonyl (C=O) groups is 2. The van der Waals surface area contributed by atoms with Crippen LogP contribution in [0.2, 0.25) is 0 Å². The van der Waals surface area contributed by atoms with Gasteiger partial charge < -0.3 is 20.1 Å². The van der Waals surface area contributed by atoms with Crippen molar-refractivity contribution in [1.82, 2.24) is 4.98 Å². The quantitative estimate of drug-likeness (QED) is 0.537. The van der Waals surface area contributed by atoms with E-state index in [1.807, 2.05) is 6.92 Å². The van der Waals surface area contributed by atoms with Crippen LogP contribution in [0.4, 0.5) is 5.69 Å². The van der Waals surface area contributed by atoms with Gasteiger partial charge in [-0.2, -0.15) is 0 Å². The molecule has 0 saturated carbocycles. The molecule has 0 spiro atoms. The summed E-state index contributed by atoms with van der Waals surface area (Å²) in [5, 5.41) is 11.8. The van der Waals surface area contributed by atoms with Crippen molar-refractivity contribution in [3.63, 3.8) is 0 Å². The lowest BCUT2D eigenvalue weighted by atomic mass is 10.1. The molecule has 2 aromatic rings. The number of ketones is 1. The van der Waals surface area contributed by atoms with Gasteiger partial charge in [-0.1, -0.05) is 12.1 Å². The number of nitrogens with one attached hydrogen (secondary N) is 2. The van der Waals surface area contributed by atoms with Crippen LogP contribution in [0.25, 0.3) is 0 Å². The van der Waals surface area contributed by atoms with E-state index in [1.54, 1.807) is 37.3 Å². The lowest BCUT2D eigenvalue weighted by Gasteiger charge is -2.10.